The van der Waals surface area contributed by atoms with E-state index in [0.29, 0.717) is 11.3 Å². The minimum Gasteiger partial charge on any atom is -0.400 e. The number of hydrogen-bond donors (Lipinski definition) is 0. The molecule has 2 nitrogen and oxygen atoms in total. The van der Waals surface area contributed by atoms with Crippen molar-refractivity contribution in [2.45, 2.75) is 72.5 Å². The predicted molar refractivity (Wildman–Crippen MR) is 78.8 cm³/mol. The molecule has 0 aromatic carbocycles. The molecule has 0 aromatic heterocycles. The quantitative estimate of drug-likeness (QED) is 0.665. The second-order valence-corrected chi connectivity index (χ2v) is 8.41. The van der Waals surface area contributed by atoms with Crippen LogP contribution in [0.3, 0.4) is 0 Å². The lowest BCUT2D eigenvalue weighted by molar-refractivity contribution is 0.00578. The lowest BCUT2D eigenvalue weighted by Gasteiger charge is -2.38. The van der Waals surface area contributed by atoms with Gasteiger partial charge in [0, 0.05) is 0 Å². The summed E-state index contributed by atoms with van der Waals surface area (Å²) in [5.41, 5.74) is 1.50. The summed E-state index contributed by atoms with van der Waals surface area (Å²) in [5.74, 6) is 0.687. The molecule has 0 aromatic rings. The molecule has 0 spiro atoms. The summed E-state index contributed by atoms with van der Waals surface area (Å²) >= 11 is 0. The van der Waals surface area contributed by atoms with Crippen molar-refractivity contribution in [3.8, 4) is 0 Å². The summed E-state index contributed by atoms with van der Waals surface area (Å²) in [7, 11) is -0.153. The third-order valence-electron chi connectivity index (χ3n) is 6.83. The summed E-state index contributed by atoms with van der Waals surface area (Å²) < 4.78 is 12.5. The van der Waals surface area contributed by atoms with E-state index in [1.807, 2.05) is 0 Å². The van der Waals surface area contributed by atoms with Crippen molar-refractivity contribution in [1.29, 1.82) is 0 Å². The fourth-order valence-corrected chi connectivity index (χ4v) is 4.05. The van der Waals surface area contributed by atoms with E-state index in [1.165, 1.54) is 18.3 Å². The van der Waals surface area contributed by atoms with Gasteiger partial charge in [0.15, 0.2) is 0 Å². The zero-order chi connectivity index (χ0) is 14.3. The Morgan fingerprint density at radius 3 is 1.89 bits per heavy atom. The second kappa shape index (κ2) is 3.48. The zero-order valence-corrected chi connectivity index (χ0v) is 13.5. The Morgan fingerprint density at radius 2 is 1.53 bits per heavy atom. The highest BCUT2D eigenvalue weighted by Gasteiger charge is 2.63. The molecule has 1 aliphatic heterocycles. The SMILES string of the molecule is CC1(C)OB(C2=C[C@H]3CC[C@]2(C)C3(C)C)OC1(C)C. The maximum atomic E-state index is 6.27. The summed E-state index contributed by atoms with van der Waals surface area (Å²) in [6.07, 6.45) is 5.03. The molecule has 19 heavy (non-hydrogen) atoms. The minimum absolute atomic E-state index is 0.153. The van der Waals surface area contributed by atoms with Gasteiger partial charge in [-0.3, -0.25) is 0 Å². The average Bonchev–Trinajstić information content (AvgIpc) is 2.68. The molecule has 3 heteroatoms. The van der Waals surface area contributed by atoms with Gasteiger partial charge in [0.25, 0.3) is 0 Å². The summed E-state index contributed by atoms with van der Waals surface area (Å²) in [6, 6.07) is 0. The normalized spacial score (nSPS) is 41.7. The minimum atomic E-state index is -0.235. The van der Waals surface area contributed by atoms with Crippen LogP contribution in [0.5, 0.6) is 0 Å². The van der Waals surface area contributed by atoms with Crippen LogP contribution in [0.2, 0.25) is 0 Å². The molecule has 2 bridgehead atoms. The fourth-order valence-electron chi connectivity index (χ4n) is 4.05. The van der Waals surface area contributed by atoms with Gasteiger partial charge in [0.05, 0.1) is 11.2 Å². The molecule has 2 atom stereocenters. The summed E-state index contributed by atoms with van der Waals surface area (Å²) in [6.45, 7) is 15.7. The number of hydrogen-bond acceptors (Lipinski definition) is 2. The van der Waals surface area contributed by atoms with E-state index in [1.54, 1.807) is 0 Å². The van der Waals surface area contributed by atoms with Crippen LogP contribution >= 0.6 is 0 Å². The molecule has 0 amide bonds. The van der Waals surface area contributed by atoms with Gasteiger partial charge in [-0.1, -0.05) is 26.8 Å². The van der Waals surface area contributed by atoms with Gasteiger partial charge in [-0.05, 0) is 62.8 Å². The molecule has 1 heterocycles. The van der Waals surface area contributed by atoms with Crippen LogP contribution in [0.4, 0.5) is 0 Å². The first-order valence-corrected chi connectivity index (χ1v) is 7.59. The van der Waals surface area contributed by atoms with Crippen LogP contribution in [0.15, 0.2) is 11.5 Å². The van der Waals surface area contributed by atoms with Crippen molar-refractivity contribution < 1.29 is 9.31 Å². The zero-order valence-electron chi connectivity index (χ0n) is 13.5. The first kappa shape index (κ1) is 13.7. The van der Waals surface area contributed by atoms with E-state index >= 15 is 0 Å². The first-order valence-electron chi connectivity index (χ1n) is 7.59. The predicted octanol–water partition coefficient (Wildman–Crippen LogP) is 4.00. The lowest BCUT2D eigenvalue weighted by atomic mass is 9.57. The number of allylic oxidation sites excluding steroid dienone is 2. The second-order valence-electron chi connectivity index (χ2n) is 8.41. The van der Waals surface area contributed by atoms with E-state index in [-0.39, 0.29) is 23.7 Å². The van der Waals surface area contributed by atoms with Gasteiger partial charge in [0.2, 0.25) is 0 Å². The molecule has 2 aliphatic carbocycles. The maximum Gasteiger partial charge on any atom is 0.490 e. The van der Waals surface area contributed by atoms with Gasteiger partial charge in [-0.2, -0.15) is 0 Å². The monoisotopic (exact) mass is 262 g/mol. The van der Waals surface area contributed by atoms with Crippen LogP contribution in [-0.4, -0.2) is 18.3 Å². The van der Waals surface area contributed by atoms with Crippen molar-refractivity contribution in [3.63, 3.8) is 0 Å². The van der Waals surface area contributed by atoms with E-state index in [2.05, 4.69) is 54.5 Å². The van der Waals surface area contributed by atoms with Crippen LogP contribution in [0, 0.1) is 16.7 Å². The van der Waals surface area contributed by atoms with Crippen molar-refractivity contribution in [3.05, 3.63) is 11.5 Å². The Morgan fingerprint density at radius 1 is 1.00 bits per heavy atom. The number of fused-ring (bicyclic) bond motifs is 2. The highest BCUT2D eigenvalue weighted by molar-refractivity contribution is 6.55. The van der Waals surface area contributed by atoms with Gasteiger partial charge >= 0.3 is 7.12 Å². The summed E-state index contributed by atoms with van der Waals surface area (Å²) in [4.78, 5) is 0. The van der Waals surface area contributed by atoms with Crippen molar-refractivity contribution >= 4 is 7.12 Å². The average molecular weight is 262 g/mol. The van der Waals surface area contributed by atoms with Crippen LogP contribution in [0.25, 0.3) is 0 Å². The lowest BCUT2D eigenvalue weighted by Crippen LogP contribution is -2.41. The molecule has 3 aliphatic rings. The van der Waals surface area contributed by atoms with Crippen molar-refractivity contribution in [2.75, 3.05) is 0 Å². The van der Waals surface area contributed by atoms with Gasteiger partial charge in [0.1, 0.15) is 0 Å². The van der Waals surface area contributed by atoms with Gasteiger partial charge < -0.3 is 9.31 Å². The molecule has 3 rings (SSSR count). The van der Waals surface area contributed by atoms with E-state index in [9.17, 15) is 0 Å². The van der Waals surface area contributed by atoms with E-state index in [4.69, 9.17) is 9.31 Å². The smallest absolute Gasteiger partial charge is 0.400 e. The Hall–Kier alpha value is -0.275. The Labute approximate surface area is 118 Å². The maximum absolute atomic E-state index is 6.27. The topological polar surface area (TPSA) is 18.5 Å². The highest BCUT2D eigenvalue weighted by atomic mass is 16.7. The molecule has 0 radical (unpaired) electrons. The van der Waals surface area contributed by atoms with E-state index in [0.717, 1.165) is 0 Å². The first-order chi connectivity index (χ1) is 8.51. The largest absolute Gasteiger partial charge is 0.490 e. The molecular weight excluding hydrogens is 235 g/mol. The van der Waals surface area contributed by atoms with Crippen LogP contribution in [-0.2, 0) is 9.31 Å². The molecule has 2 fully saturated rings. The molecule has 0 unspecified atom stereocenters. The van der Waals surface area contributed by atoms with E-state index < -0.39 is 0 Å². The third-order valence-corrected chi connectivity index (χ3v) is 6.83. The Bertz CT molecular complexity index is 434. The van der Waals surface area contributed by atoms with Gasteiger partial charge in [-0.15, -0.1) is 0 Å². The number of rotatable bonds is 1. The highest BCUT2D eigenvalue weighted by Crippen LogP contribution is 2.66. The van der Waals surface area contributed by atoms with Crippen LogP contribution in [0.1, 0.15) is 61.3 Å². The molecule has 0 N–H and O–H groups in total. The summed E-state index contributed by atoms with van der Waals surface area (Å²) in [5, 5.41) is 0. The molecule has 1 saturated carbocycles. The van der Waals surface area contributed by atoms with Gasteiger partial charge in [-0.25, -0.2) is 0 Å². The van der Waals surface area contributed by atoms with Crippen LogP contribution < -0.4 is 0 Å². The fraction of sp³-hybridized carbons (Fsp3) is 0.875. The standard InChI is InChI=1S/C16H27BO2/c1-13(2)11-8-9-16(13,7)12(10-11)17-18-14(3,4)15(5,6)19-17/h10-11H,8-9H2,1-7H3/t11-,16+/m1/s1. The Balaban J connectivity index is 1.93. The molecule has 106 valence electrons. The molecular formula is C16H27BO2. The third kappa shape index (κ3) is 1.52. The van der Waals surface area contributed by atoms with Crippen molar-refractivity contribution in [1.82, 2.24) is 0 Å². The molecule has 1 saturated heterocycles. The Kier molecular flexibility index (Phi) is 2.51. The van der Waals surface area contributed by atoms with Crippen molar-refractivity contribution in [2.24, 2.45) is 16.7 Å².